The summed E-state index contributed by atoms with van der Waals surface area (Å²) in [7, 11) is -3.45. The van der Waals surface area contributed by atoms with Crippen LogP contribution in [0.3, 0.4) is 0 Å². The van der Waals surface area contributed by atoms with Crippen LogP contribution in [0.5, 0.6) is 0 Å². The summed E-state index contributed by atoms with van der Waals surface area (Å²) in [6.45, 7) is 1.32. The molecule has 0 saturated carbocycles. The zero-order valence-electron chi connectivity index (χ0n) is 10.3. The zero-order valence-corrected chi connectivity index (χ0v) is 13.5. The maximum absolute atomic E-state index is 11.8. The molecule has 0 bridgehead atoms. The van der Waals surface area contributed by atoms with Gasteiger partial charge in [0.25, 0.3) is 0 Å². The minimum absolute atomic E-state index is 0.114. The van der Waals surface area contributed by atoms with Crippen molar-refractivity contribution >= 4 is 54.6 Å². The molecule has 3 N–H and O–H groups in total. The van der Waals surface area contributed by atoms with E-state index < -0.39 is 21.0 Å². The van der Waals surface area contributed by atoms with Gasteiger partial charge >= 0.3 is 0 Å². The Morgan fingerprint density at radius 1 is 1.47 bits per heavy atom. The maximum Gasteiger partial charge on any atom is 0.242 e. The third-order valence-corrected chi connectivity index (χ3v) is 4.73. The van der Waals surface area contributed by atoms with E-state index in [0.29, 0.717) is 11.3 Å². The van der Waals surface area contributed by atoms with E-state index in [4.69, 9.17) is 18.0 Å². The minimum Gasteiger partial charge on any atom is -0.389 e. The van der Waals surface area contributed by atoms with Crippen LogP contribution in [-0.2, 0) is 14.6 Å². The normalized spacial score (nSPS) is 12.8. The fourth-order valence-electron chi connectivity index (χ4n) is 1.26. The number of carbonyl (C=O) groups is 1. The Hall–Kier alpha value is -0.990. The molecule has 5 nitrogen and oxygen atoms in total. The van der Waals surface area contributed by atoms with E-state index in [9.17, 15) is 13.2 Å². The van der Waals surface area contributed by atoms with Gasteiger partial charge in [0.1, 0.15) is 10.2 Å². The second kappa shape index (κ2) is 5.98. The van der Waals surface area contributed by atoms with E-state index in [0.717, 1.165) is 10.7 Å². The summed E-state index contributed by atoms with van der Waals surface area (Å²) < 4.78 is 23.4. The van der Waals surface area contributed by atoms with Gasteiger partial charge in [0.15, 0.2) is 9.84 Å². The summed E-state index contributed by atoms with van der Waals surface area (Å²) in [6.07, 6.45) is 1.01. The van der Waals surface area contributed by atoms with Gasteiger partial charge < -0.3 is 11.1 Å². The average molecular weight is 365 g/mol. The number of rotatable bonds is 4. The minimum atomic E-state index is -3.45. The van der Waals surface area contributed by atoms with Gasteiger partial charge in [0.2, 0.25) is 5.91 Å². The molecule has 0 aliphatic heterocycles. The van der Waals surface area contributed by atoms with Crippen LogP contribution in [0.2, 0.25) is 0 Å². The standard InChI is InChI=1S/C11H13BrN2O3S2/c1-6(19(2,16)17)11(15)14-9-4-3-7(12)5-8(9)10(13)18/h3-6H,1-2H3,(H2,13,18)(H,14,15). The van der Waals surface area contributed by atoms with Gasteiger partial charge in [-0.15, -0.1) is 0 Å². The monoisotopic (exact) mass is 364 g/mol. The highest BCUT2D eigenvalue weighted by atomic mass is 79.9. The molecule has 0 spiro atoms. The lowest BCUT2D eigenvalue weighted by molar-refractivity contribution is -0.115. The number of anilines is 1. The van der Waals surface area contributed by atoms with Crippen molar-refractivity contribution in [1.82, 2.24) is 0 Å². The predicted molar refractivity (Wildman–Crippen MR) is 83.0 cm³/mol. The number of halogens is 1. The second-order valence-corrected chi connectivity index (χ2v) is 7.74. The Kier molecular flexibility index (Phi) is 5.05. The van der Waals surface area contributed by atoms with E-state index in [-0.39, 0.29) is 4.99 Å². The van der Waals surface area contributed by atoms with Crippen LogP contribution in [0.4, 0.5) is 5.69 Å². The van der Waals surface area contributed by atoms with Gasteiger partial charge in [-0.2, -0.15) is 0 Å². The number of hydrogen-bond acceptors (Lipinski definition) is 4. The van der Waals surface area contributed by atoms with Gasteiger partial charge in [-0.05, 0) is 25.1 Å². The van der Waals surface area contributed by atoms with E-state index in [1.165, 1.54) is 6.92 Å². The number of amides is 1. The molecule has 0 saturated heterocycles. The number of hydrogen-bond donors (Lipinski definition) is 2. The maximum atomic E-state index is 11.8. The van der Waals surface area contributed by atoms with Gasteiger partial charge in [0, 0.05) is 16.3 Å². The van der Waals surface area contributed by atoms with Gasteiger partial charge in [0.05, 0.1) is 5.69 Å². The van der Waals surface area contributed by atoms with Crippen LogP contribution in [0.25, 0.3) is 0 Å². The molecule has 1 aromatic carbocycles. The third kappa shape index (κ3) is 4.26. The molecule has 19 heavy (non-hydrogen) atoms. The quantitative estimate of drug-likeness (QED) is 0.789. The van der Waals surface area contributed by atoms with Crippen molar-refractivity contribution in [3.8, 4) is 0 Å². The van der Waals surface area contributed by atoms with Crippen LogP contribution in [0, 0.1) is 0 Å². The van der Waals surface area contributed by atoms with Crippen molar-refractivity contribution in [1.29, 1.82) is 0 Å². The van der Waals surface area contributed by atoms with E-state index in [1.807, 2.05) is 0 Å². The Bertz CT molecular complexity index is 629. The topological polar surface area (TPSA) is 89.3 Å². The van der Waals surface area contributed by atoms with Crippen molar-refractivity contribution in [2.45, 2.75) is 12.2 Å². The lowest BCUT2D eigenvalue weighted by Crippen LogP contribution is -2.32. The summed E-state index contributed by atoms with van der Waals surface area (Å²) in [5, 5.41) is 1.38. The highest BCUT2D eigenvalue weighted by molar-refractivity contribution is 9.10. The predicted octanol–water partition coefficient (Wildman–Crippen LogP) is 1.45. The fraction of sp³-hybridized carbons (Fsp3) is 0.273. The number of benzene rings is 1. The SMILES string of the molecule is CC(C(=O)Nc1ccc(Br)cc1C(N)=S)S(C)(=O)=O. The first kappa shape index (κ1) is 16.1. The Morgan fingerprint density at radius 2 is 2.05 bits per heavy atom. The lowest BCUT2D eigenvalue weighted by atomic mass is 10.1. The van der Waals surface area contributed by atoms with Crippen molar-refractivity contribution < 1.29 is 13.2 Å². The molecule has 0 aliphatic rings. The number of nitrogens with two attached hydrogens (primary N) is 1. The Labute approximate surface area is 125 Å². The van der Waals surface area contributed by atoms with Crippen molar-refractivity contribution in [2.75, 3.05) is 11.6 Å². The molecule has 104 valence electrons. The molecule has 0 aliphatic carbocycles. The smallest absolute Gasteiger partial charge is 0.242 e. The van der Waals surface area contributed by atoms with Crippen LogP contribution in [0.15, 0.2) is 22.7 Å². The molecule has 0 heterocycles. The molecule has 0 fully saturated rings. The molecule has 1 amide bonds. The second-order valence-electron chi connectivity index (χ2n) is 4.02. The molecule has 0 radical (unpaired) electrons. The van der Waals surface area contributed by atoms with Gasteiger partial charge in [-0.1, -0.05) is 28.1 Å². The molecular weight excluding hydrogens is 352 g/mol. The van der Waals surface area contributed by atoms with Crippen LogP contribution in [0.1, 0.15) is 12.5 Å². The first-order chi connectivity index (χ1) is 8.62. The fourth-order valence-corrected chi connectivity index (χ4v) is 2.24. The van der Waals surface area contributed by atoms with Gasteiger partial charge in [-0.25, -0.2) is 8.42 Å². The van der Waals surface area contributed by atoms with Gasteiger partial charge in [-0.3, -0.25) is 4.79 Å². The van der Waals surface area contributed by atoms with Crippen LogP contribution >= 0.6 is 28.1 Å². The lowest BCUT2D eigenvalue weighted by Gasteiger charge is -2.13. The number of carbonyl (C=O) groups excluding carboxylic acids is 1. The summed E-state index contributed by atoms with van der Waals surface area (Å²) in [4.78, 5) is 11.9. The zero-order chi connectivity index (χ0) is 14.8. The van der Waals surface area contributed by atoms with Crippen molar-refractivity contribution in [3.05, 3.63) is 28.2 Å². The number of sulfone groups is 1. The summed E-state index contributed by atoms with van der Waals surface area (Å²) >= 11 is 8.16. The van der Waals surface area contributed by atoms with Crippen LogP contribution < -0.4 is 11.1 Å². The Balaban J connectivity index is 3.07. The average Bonchev–Trinajstić information content (AvgIpc) is 2.28. The molecule has 1 rings (SSSR count). The Morgan fingerprint density at radius 3 is 2.53 bits per heavy atom. The molecule has 8 heteroatoms. The summed E-state index contributed by atoms with van der Waals surface area (Å²) in [5.74, 6) is -0.623. The van der Waals surface area contributed by atoms with E-state index in [1.54, 1.807) is 18.2 Å². The summed E-state index contributed by atoms with van der Waals surface area (Å²) in [6, 6.07) is 4.96. The summed E-state index contributed by atoms with van der Waals surface area (Å²) in [5.41, 5.74) is 6.42. The van der Waals surface area contributed by atoms with Crippen LogP contribution in [-0.4, -0.2) is 30.8 Å². The number of thiocarbonyl (C=S) groups is 1. The molecule has 1 atom stereocenters. The third-order valence-electron chi connectivity index (χ3n) is 2.52. The molecule has 1 aromatic rings. The first-order valence-electron chi connectivity index (χ1n) is 5.22. The van der Waals surface area contributed by atoms with Crippen molar-refractivity contribution in [2.24, 2.45) is 5.73 Å². The number of nitrogens with one attached hydrogen (secondary N) is 1. The molecule has 0 aromatic heterocycles. The molecular formula is C11H13BrN2O3S2. The van der Waals surface area contributed by atoms with E-state index in [2.05, 4.69) is 21.2 Å². The first-order valence-corrected chi connectivity index (χ1v) is 8.37. The molecule has 1 unspecified atom stereocenters. The highest BCUT2D eigenvalue weighted by Crippen LogP contribution is 2.21. The highest BCUT2D eigenvalue weighted by Gasteiger charge is 2.24. The van der Waals surface area contributed by atoms with E-state index >= 15 is 0 Å². The largest absolute Gasteiger partial charge is 0.389 e. The van der Waals surface area contributed by atoms with Crippen molar-refractivity contribution in [3.63, 3.8) is 0 Å².